The van der Waals surface area contributed by atoms with E-state index in [0.717, 1.165) is 37.3 Å². The Morgan fingerprint density at radius 3 is 2.49 bits per heavy atom. The minimum absolute atomic E-state index is 0.0517. The summed E-state index contributed by atoms with van der Waals surface area (Å²) in [6.45, 7) is 2.91. The second-order valence-electron chi connectivity index (χ2n) is 9.46. The third kappa shape index (κ3) is 6.32. The minimum Gasteiger partial charge on any atom is -0.447 e. The van der Waals surface area contributed by atoms with E-state index in [0.29, 0.717) is 30.3 Å². The van der Waals surface area contributed by atoms with E-state index in [-0.39, 0.29) is 30.4 Å². The van der Waals surface area contributed by atoms with Crippen LogP contribution in [0.15, 0.2) is 42.6 Å². The normalized spacial score (nSPS) is 19.9. The maximum Gasteiger partial charge on any atom is 0.409 e. The molecule has 2 atom stereocenters. The van der Waals surface area contributed by atoms with E-state index in [9.17, 15) is 9.59 Å². The fourth-order valence-electron chi connectivity index (χ4n) is 5.10. The summed E-state index contributed by atoms with van der Waals surface area (Å²) in [5.74, 6) is 0.805. The van der Waals surface area contributed by atoms with Crippen LogP contribution in [0.5, 0.6) is 0 Å². The second-order valence-corrected chi connectivity index (χ2v) is 9.90. The van der Waals surface area contributed by atoms with E-state index < -0.39 is 6.09 Å². The number of anilines is 1. The Morgan fingerprint density at radius 1 is 1.14 bits per heavy atom. The van der Waals surface area contributed by atoms with Gasteiger partial charge in [-0.05, 0) is 42.7 Å². The molecule has 2 aliphatic rings. The van der Waals surface area contributed by atoms with E-state index in [1.54, 1.807) is 31.3 Å². The van der Waals surface area contributed by atoms with E-state index in [2.05, 4.69) is 16.0 Å². The number of likely N-dealkylation sites (N-methyl/N-ethyl adjacent to an activating group) is 1. The molecule has 37 heavy (non-hydrogen) atoms. The molecule has 4 rings (SSSR count). The molecule has 2 amide bonds. The number of nitrogens with zero attached hydrogens (tertiary/aromatic N) is 5. The van der Waals surface area contributed by atoms with Crippen LogP contribution in [-0.2, 0) is 14.3 Å². The Labute approximate surface area is 222 Å². The lowest BCUT2D eigenvalue weighted by molar-refractivity contribution is -0.135. The van der Waals surface area contributed by atoms with Crippen molar-refractivity contribution in [2.45, 2.75) is 24.8 Å². The summed E-state index contributed by atoms with van der Waals surface area (Å²) < 4.78 is 10.3. The Bertz CT molecular complexity index is 1110. The van der Waals surface area contributed by atoms with Gasteiger partial charge in [0, 0.05) is 63.4 Å². The second kappa shape index (κ2) is 12.3. The lowest BCUT2D eigenvalue weighted by Crippen LogP contribution is -2.44. The summed E-state index contributed by atoms with van der Waals surface area (Å²) in [4.78, 5) is 36.3. The largest absolute Gasteiger partial charge is 0.447 e. The molecule has 3 heterocycles. The molecule has 1 aromatic heterocycles. The van der Waals surface area contributed by atoms with Gasteiger partial charge in [-0.3, -0.25) is 4.79 Å². The van der Waals surface area contributed by atoms with E-state index in [1.807, 2.05) is 35.2 Å². The molecule has 0 spiro atoms. The van der Waals surface area contributed by atoms with Gasteiger partial charge in [-0.15, -0.1) is 0 Å². The number of nitriles is 1. The molecule has 2 aromatic rings. The highest BCUT2D eigenvalue weighted by molar-refractivity contribution is 6.30. The monoisotopic (exact) mass is 525 g/mol. The van der Waals surface area contributed by atoms with Crippen LogP contribution in [0.1, 0.15) is 29.9 Å². The number of hydrogen-bond donors (Lipinski definition) is 0. The highest BCUT2D eigenvalue weighted by Gasteiger charge is 2.42. The van der Waals surface area contributed by atoms with Gasteiger partial charge in [0.25, 0.3) is 0 Å². The van der Waals surface area contributed by atoms with Gasteiger partial charge in [-0.25, -0.2) is 9.78 Å². The van der Waals surface area contributed by atoms with Gasteiger partial charge in [0.1, 0.15) is 18.5 Å². The maximum absolute atomic E-state index is 13.6. The lowest BCUT2D eigenvalue weighted by Gasteiger charge is -2.34. The van der Waals surface area contributed by atoms with Gasteiger partial charge in [-0.2, -0.15) is 5.26 Å². The molecule has 0 N–H and O–H groups in total. The van der Waals surface area contributed by atoms with Gasteiger partial charge < -0.3 is 24.2 Å². The fraction of sp³-hybridized carbons (Fsp3) is 0.481. The third-order valence-electron chi connectivity index (χ3n) is 7.24. The molecule has 0 bridgehead atoms. The number of rotatable bonds is 7. The summed E-state index contributed by atoms with van der Waals surface area (Å²) in [5, 5.41) is 9.63. The number of aromatic nitrogens is 1. The van der Waals surface area contributed by atoms with Crippen LogP contribution in [0.4, 0.5) is 10.6 Å². The van der Waals surface area contributed by atoms with Gasteiger partial charge in [0.15, 0.2) is 0 Å². The summed E-state index contributed by atoms with van der Waals surface area (Å²) in [6, 6.07) is 13.1. The SMILES string of the molecule is COCCOC(=O)N(C)[C@@H]1CN(C(=O)C2CCN(c3ccc(C#N)cn3)CC2)C[C@H]1c1ccc(Cl)cc1. The zero-order valence-electron chi connectivity index (χ0n) is 21.2. The number of piperidine rings is 1. The zero-order valence-corrected chi connectivity index (χ0v) is 21.9. The van der Waals surface area contributed by atoms with Crippen LogP contribution in [0.2, 0.25) is 5.02 Å². The van der Waals surface area contributed by atoms with Crippen LogP contribution in [0.3, 0.4) is 0 Å². The first-order valence-electron chi connectivity index (χ1n) is 12.4. The van der Waals surface area contributed by atoms with Crippen LogP contribution in [0, 0.1) is 17.2 Å². The molecule has 2 saturated heterocycles. The summed E-state index contributed by atoms with van der Waals surface area (Å²) >= 11 is 6.11. The number of pyridine rings is 1. The molecule has 0 radical (unpaired) electrons. The van der Waals surface area contributed by atoms with Crippen molar-refractivity contribution in [3.63, 3.8) is 0 Å². The van der Waals surface area contributed by atoms with Crippen molar-refractivity contribution < 1.29 is 19.1 Å². The summed E-state index contributed by atoms with van der Waals surface area (Å²) in [5.41, 5.74) is 1.56. The average Bonchev–Trinajstić information content (AvgIpc) is 3.38. The summed E-state index contributed by atoms with van der Waals surface area (Å²) in [6.07, 6.45) is 2.59. The van der Waals surface area contributed by atoms with Crippen molar-refractivity contribution in [1.29, 1.82) is 5.26 Å². The van der Waals surface area contributed by atoms with E-state index >= 15 is 0 Å². The predicted molar refractivity (Wildman–Crippen MR) is 139 cm³/mol. The molecule has 2 fully saturated rings. The number of hydrogen-bond acceptors (Lipinski definition) is 7. The molecule has 9 nitrogen and oxygen atoms in total. The predicted octanol–water partition coefficient (Wildman–Crippen LogP) is 3.53. The molecule has 2 aliphatic heterocycles. The number of likely N-dealkylation sites (tertiary alicyclic amines) is 1. The first-order valence-corrected chi connectivity index (χ1v) is 12.8. The fourth-order valence-corrected chi connectivity index (χ4v) is 5.23. The van der Waals surface area contributed by atoms with Crippen LogP contribution in [0.25, 0.3) is 0 Å². The molecule has 1 aromatic carbocycles. The smallest absolute Gasteiger partial charge is 0.409 e. The lowest BCUT2D eigenvalue weighted by atomic mass is 9.93. The number of methoxy groups -OCH3 is 1. The Hall–Kier alpha value is -3.35. The molecule has 0 unspecified atom stereocenters. The first-order chi connectivity index (χ1) is 17.9. The van der Waals surface area contributed by atoms with Crippen LogP contribution < -0.4 is 4.90 Å². The van der Waals surface area contributed by atoms with Gasteiger partial charge in [-0.1, -0.05) is 23.7 Å². The van der Waals surface area contributed by atoms with Crippen molar-refractivity contribution in [2.75, 3.05) is 58.5 Å². The van der Waals surface area contributed by atoms with Crippen LogP contribution in [-0.4, -0.2) is 86.4 Å². The average molecular weight is 526 g/mol. The molecular weight excluding hydrogens is 494 g/mol. The Morgan fingerprint density at radius 2 is 1.86 bits per heavy atom. The van der Waals surface area contributed by atoms with Crippen molar-refractivity contribution in [3.8, 4) is 6.07 Å². The number of benzene rings is 1. The molecular formula is C27H32ClN5O4. The van der Waals surface area contributed by atoms with Gasteiger partial charge in [0.2, 0.25) is 5.91 Å². The van der Waals surface area contributed by atoms with Gasteiger partial charge in [0.05, 0.1) is 18.2 Å². The van der Waals surface area contributed by atoms with E-state index in [1.165, 1.54) is 0 Å². The topological polar surface area (TPSA) is 99.0 Å². The molecule has 10 heteroatoms. The van der Waals surface area contributed by atoms with E-state index in [4.69, 9.17) is 26.3 Å². The number of carbonyl (C=O) groups is 2. The molecule has 196 valence electrons. The Kier molecular flexibility index (Phi) is 8.85. The minimum atomic E-state index is -0.432. The standard InChI is InChI=1S/C27H32ClN5O4/c1-31(27(35)37-14-13-36-2)24-18-33(17-23(24)20-4-6-22(28)7-5-20)26(34)21-9-11-32(12-10-21)25-8-3-19(15-29)16-30-25/h3-8,16,21,23-24H,9-14,17-18H2,1-2H3/t23-,24+/m0/s1. The summed E-state index contributed by atoms with van der Waals surface area (Å²) in [7, 11) is 3.28. The van der Waals surface area contributed by atoms with Crippen molar-refractivity contribution in [3.05, 3.63) is 58.7 Å². The number of ether oxygens (including phenoxy) is 2. The van der Waals surface area contributed by atoms with Crippen LogP contribution >= 0.6 is 11.6 Å². The number of halogens is 1. The molecule has 0 saturated carbocycles. The Balaban J connectivity index is 1.42. The van der Waals surface area contributed by atoms with Crippen molar-refractivity contribution in [1.82, 2.24) is 14.8 Å². The first kappa shape index (κ1) is 26.7. The number of carbonyl (C=O) groups excluding carboxylic acids is 2. The molecule has 0 aliphatic carbocycles. The van der Waals surface area contributed by atoms with Crippen molar-refractivity contribution in [2.24, 2.45) is 5.92 Å². The zero-order chi connectivity index (χ0) is 26.4. The highest BCUT2D eigenvalue weighted by Crippen LogP contribution is 2.34. The highest BCUT2D eigenvalue weighted by atomic mass is 35.5. The third-order valence-corrected chi connectivity index (χ3v) is 7.49. The quantitative estimate of drug-likeness (QED) is 0.510. The van der Waals surface area contributed by atoms with Crippen molar-refractivity contribution >= 4 is 29.4 Å². The van der Waals surface area contributed by atoms with Gasteiger partial charge >= 0.3 is 6.09 Å². The maximum atomic E-state index is 13.6. The number of amides is 2.